The summed E-state index contributed by atoms with van der Waals surface area (Å²) in [6.45, 7) is 2.88. The lowest BCUT2D eigenvalue weighted by atomic mass is 10.2. The Morgan fingerprint density at radius 2 is 2.12 bits per heavy atom. The number of ether oxygens (including phenoxy) is 1. The predicted molar refractivity (Wildman–Crippen MR) is 88.2 cm³/mol. The smallest absolute Gasteiger partial charge is 0.407 e. The fraction of sp³-hybridized carbons (Fsp3) is 0.471. The summed E-state index contributed by atoms with van der Waals surface area (Å²) < 4.78 is 10.1. The third-order valence-corrected chi connectivity index (χ3v) is 3.41. The second-order valence-corrected chi connectivity index (χ2v) is 5.40. The molecule has 1 heterocycles. The summed E-state index contributed by atoms with van der Waals surface area (Å²) in [5.74, 6) is 0.627. The lowest BCUT2D eigenvalue weighted by Crippen LogP contribution is -2.25. The lowest BCUT2D eigenvalue weighted by Gasteiger charge is -2.07. The summed E-state index contributed by atoms with van der Waals surface area (Å²) >= 11 is 0. The molecule has 24 heavy (non-hydrogen) atoms. The van der Waals surface area contributed by atoms with Crippen molar-refractivity contribution in [1.29, 1.82) is 0 Å². The van der Waals surface area contributed by atoms with Crippen molar-refractivity contribution in [2.75, 3.05) is 13.2 Å². The van der Waals surface area contributed by atoms with Crippen molar-refractivity contribution in [2.24, 2.45) is 0 Å². The van der Waals surface area contributed by atoms with E-state index < -0.39 is 12.2 Å². The number of nitrogens with zero attached hydrogens (tertiary/aromatic N) is 2. The molecule has 0 saturated heterocycles. The molecule has 1 atom stereocenters. The summed E-state index contributed by atoms with van der Waals surface area (Å²) in [7, 11) is 0. The number of aromatic nitrogens is 2. The van der Waals surface area contributed by atoms with Crippen molar-refractivity contribution in [2.45, 2.75) is 38.7 Å². The number of nitrogens with one attached hydrogen (secondary N) is 1. The molecule has 2 aromatic rings. The largest absolute Gasteiger partial charge is 0.450 e. The highest BCUT2D eigenvalue weighted by atomic mass is 16.5. The number of aliphatic hydroxyl groups excluding tert-OH is 1. The molecular weight excluding hydrogens is 310 g/mol. The molecule has 0 aliphatic rings. The van der Waals surface area contributed by atoms with Gasteiger partial charge < -0.3 is 19.7 Å². The average molecular weight is 333 g/mol. The Morgan fingerprint density at radius 1 is 1.33 bits per heavy atom. The third kappa shape index (κ3) is 5.66. The van der Waals surface area contributed by atoms with E-state index in [4.69, 9.17) is 9.26 Å². The quantitative estimate of drug-likeness (QED) is 0.684. The van der Waals surface area contributed by atoms with E-state index in [9.17, 15) is 9.90 Å². The maximum atomic E-state index is 11.4. The molecule has 7 nitrogen and oxygen atoms in total. The molecule has 0 aliphatic heterocycles. The minimum Gasteiger partial charge on any atom is -0.450 e. The molecule has 1 aromatic carbocycles. The molecule has 2 N–H and O–H groups in total. The van der Waals surface area contributed by atoms with Crippen LogP contribution in [0.25, 0.3) is 11.4 Å². The molecule has 1 amide bonds. The fourth-order valence-electron chi connectivity index (χ4n) is 2.04. The first-order valence-electron chi connectivity index (χ1n) is 8.18. The molecule has 0 bridgehead atoms. The maximum absolute atomic E-state index is 11.4. The Labute approximate surface area is 141 Å². The number of hydrogen-bond donors (Lipinski definition) is 2. The Bertz CT molecular complexity index is 615. The van der Waals surface area contributed by atoms with Gasteiger partial charge in [-0.05, 0) is 19.3 Å². The van der Waals surface area contributed by atoms with Crippen molar-refractivity contribution in [1.82, 2.24) is 15.5 Å². The topological polar surface area (TPSA) is 97.5 Å². The van der Waals surface area contributed by atoms with Gasteiger partial charge in [0.15, 0.2) is 0 Å². The van der Waals surface area contributed by atoms with E-state index in [0.29, 0.717) is 31.8 Å². The van der Waals surface area contributed by atoms with Gasteiger partial charge in [-0.15, -0.1) is 0 Å². The highest BCUT2D eigenvalue weighted by Gasteiger charge is 2.16. The normalized spacial score (nSPS) is 11.9. The van der Waals surface area contributed by atoms with Gasteiger partial charge in [0, 0.05) is 12.1 Å². The number of alkyl carbamates (subject to hydrolysis) is 1. The first-order chi connectivity index (χ1) is 11.7. The molecule has 0 radical (unpaired) electrons. The van der Waals surface area contributed by atoms with E-state index in [1.54, 1.807) is 0 Å². The lowest BCUT2D eigenvalue weighted by molar-refractivity contribution is 0.120. The van der Waals surface area contributed by atoms with Crippen molar-refractivity contribution in [3.8, 4) is 11.4 Å². The van der Waals surface area contributed by atoms with E-state index in [1.807, 2.05) is 37.3 Å². The van der Waals surface area contributed by atoms with Crippen LogP contribution in [0.1, 0.15) is 44.6 Å². The van der Waals surface area contributed by atoms with Gasteiger partial charge in [-0.25, -0.2) is 4.79 Å². The number of aliphatic hydroxyl groups is 1. The number of benzene rings is 1. The Kier molecular flexibility index (Phi) is 7.22. The minimum atomic E-state index is -0.854. The minimum absolute atomic E-state index is 0.180. The molecular formula is C17H23N3O4. The van der Waals surface area contributed by atoms with Crippen LogP contribution in [0.15, 0.2) is 34.9 Å². The average Bonchev–Trinajstić information content (AvgIpc) is 3.10. The van der Waals surface area contributed by atoms with Gasteiger partial charge in [0.1, 0.15) is 6.10 Å². The summed E-state index contributed by atoms with van der Waals surface area (Å²) in [4.78, 5) is 15.6. The zero-order valence-corrected chi connectivity index (χ0v) is 13.8. The van der Waals surface area contributed by atoms with Gasteiger partial charge >= 0.3 is 6.09 Å². The first kappa shape index (κ1) is 17.9. The van der Waals surface area contributed by atoms with Crippen LogP contribution in [-0.2, 0) is 4.74 Å². The van der Waals surface area contributed by atoms with E-state index in [1.165, 1.54) is 0 Å². The molecule has 130 valence electrons. The van der Waals surface area contributed by atoms with Crippen LogP contribution in [0.5, 0.6) is 0 Å². The second kappa shape index (κ2) is 9.67. The molecule has 2 rings (SSSR count). The van der Waals surface area contributed by atoms with Crippen LogP contribution < -0.4 is 5.32 Å². The van der Waals surface area contributed by atoms with Crippen molar-refractivity contribution in [3.05, 3.63) is 36.2 Å². The number of carbonyl (C=O) groups excluding carboxylic acids is 1. The van der Waals surface area contributed by atoms with Crippen LogP contribution in [0, 0.1) is 0 Å². The highest BCUT2D eigenvalue weighted by Crippen LogP contribution is 2.20. The molecule has 1 unspecified atom stereocenters. The van der Waals surface area contributed by atoms with Gasteiger partial charge in [0.05, 0.1) is 6.61 Å². The maximum Gasteiger partial charge on any atom is 0.407 e. The van der Waals surface area contributed by atoms with Gasteiger partial charge in [-0.2, -0.15) is 4.98 Å². The van der Waals surface area contributed by atoms with Gasteiger partial charge in [-0.3, -0.25) is 0 Å². The number of amides is 1. The van der Waals surface area contributed by atoms with E-state index in [2.05, 4.69) is 15.5 Å². The first-order valence-corrected chi connectivity index (χ1v) is 8.18. The summed E-state index contributed by atoms with van der Waals surface area (Å²) in [5, 5.41) is 16.6. The number of carbonyl (C=O) groups is 1. The van der Waals surface area contributed by atoms with Gasteiger partial charge in [-0.1, -0.05) is 48.8 Å². The van der Waals surface area contributed by atoms with Crippen LogP contribution in [0.4, 0.5) is 4.79 Å². The monoisotopic (exact) mass is 333 g/mol. The molecule has 1 aromatic heterocycles. The van der Waals surface area contributed by atoms with Crippen LogP contribution >= 0.6 is 0 Å². The SMILES string of the molecule is CCCCOC(=O)NCCCC(O)c1nc(-c2ccccc2)no1. The molecule has 0 fully saturated rings. The molecule has 7 heteroatoms. The number of hydrogen-bond acceptors (Lipinski definition) is 6. The summed E-state index contributed by atoms with van der Waals surface area (Å²) in [6.07, 6.45) is 1.54. The fourth-order valence-corrected chi connectivity index (χ4v) is 2.04. The third-order valence-electron chi connectivity index (χ3n) is 3.41. The summed E-state index contributed by atoms with van der Waals surface area (Å²) in [6, 6.07) is 9.41. The second-order valence-electron chi connectivity index (χ2n) is 5.40. The van der Waals surface area contributed by atoms with Crippen LogP contribution in [0.3, 0.4) is 0 Å². The van der Waals surface area contributed by atoms with Crippen molar-refractivity contribution < 1.29 is 19.2 Å². The zero-order valence-electron chi connectivity index (χ0n) is 13.8. The predicted octanol–water partition coefficient (Wildman–Crippen LogP) is 3.08. The standard InChI is InChI=1S/C17H23N3O4/c1-2-3-12-23-17(22)18-11-7-10-14(21)16-19-15(20-24-16)13-8-5-4-6-9-13/h4-6,8-9,14,21H,2-3,7,10-12H2,1H3,(H,18,22). The number of unbranched alkanes of at least 4 members (excludes halogenated alkanes) is 1. The van der Waals surface area contributed by atoms with E-state index in [0.717, 1.165) is 18.4 Å². The highest BCUT2D eigenvalue weighted by molar-refractivity contribution is 5.66. The zero-order chi connectivity index (χ0) is 17.2. The van der Waals surface area contributed by atoms with Gasteiger partial charge in [0.25, 0.3) is 5.89 Å². The van der Waals surface area contributed by atoms with Crippen LogP contribution in [0.2, 0.25) is 0 Å². The van der Waals surface area contributed by atoms with Crippen molar-refractivity contribution >= 4 is 6.09 Å². The van der Waals surface area contributed by atoms with E-state index >= 15 is 0 Å². The van der Waals surface area contributed by atoms with E-state index in [-0.39, 0.29) is 5.89 Å². The Balaban J connectivity index is 1.70. The summed E-state index contributed by atoms with van der Waals surface area (Å²) in [5.41, 5.74) is 0.830. The van der Waals surface area contributed by atoms with Crippen molar-refractivity contribution in [3.63, 3.8) is 0 Å². The molecule has 0 spiro atoms. The van der Waals surface area contributed by atoms with Gasteiger partial charge in [0.2, 0.25) is 5.82 Å². The molecule has 0 aliphatic carbocycles. The van der Waals surface area contributed by atoms with Crippen LogP contribution in [-0.4, -0.2) is 34.5 Å². The number of rotatable bonds is 9. The Morgan fingerprint density at radius 3 is 2.88 bits per heavy atom. The molecule has 0 saturated carbocycles. The Hall–Kier alpha value is -2.41.